The topological polar surface area (TPSA) is 59.7 Å². The Morgan fingerprint density at radius 3 is 2.75 bits per heavy atom. The number of hydrogen-bond donors (Lipinski definition) is 1. The second kappa shape index (κ2) is 5.02. The zero-order valence-corrected chi connectivity index (χ0v) is 8.08. The highest BCUT2D eigenvalue weighted by atomic mass is 19.4. The van der Waals surface area contributed by atoms with Crippen LogP contribution in [0.15, 0.2) is 16.7 Å². The number of carboxylic acid groups (broad SMARTS) is 1. The molecule has 0 aliphatic heterocycles. The monoisotopic (exact) mass is 238 g/mol. The van der Waals surface area contributed by atoms with Crippen LogP contribution < -0.4 is 0 Å². The minimum absolute atomic E-state index is 0.214. The quantitative estimate of drug-likeness (QED) is 0.800. The summed E-state index contributed by atoms with van der Waals surface area (Å²) in [5.41, 5.74) is 0.217. The van der Waals surface area contributed by atoms with Crippen molar-refractivity contribution in [2.75, 3.05) is 6.61 Å². The van der Waals surface area contributed by atoms with Crippen LogP contribution in [0.3, 0.4) is 0 Å². The highest BCUT2D eigenvalue weighted by molar-refractivity contribution is 5.85. The number of halogens is 3. The fraction of sp³-hybridized carbons (Fsp3) is 0.444. The Balaban J connectivity index is 2.38. The van der Waals surface area contributed by atoms with Gasteiger partial charge >= 0.3 is 12.1 Å². The molecule has 0 spiro atoms. The van der Waals surface area contributed by atoms with E-state index in [-0.39, 0.29) is 17.9 Å². The van der Waals surface area contributed by atoms with Gasteiger partial charge in [-0.3, -0.25) is 0 Å². The van der Waals surface area contributed by atoms with E-state index in [1.165, 1.54) is 6.07 Å². The van der Waals surface area contributed by atoms with Crippen molar-refractivity contribution in [2.45, 2.75) is 19.2 Å². The molecule has 16 heavy (non-hydrogen) atoms. The van der Waals surface area contributed by atoms with Crippen LogP contribution in [0.4, 0.5) is 13.2 Å². The highest BCUT2D eigenvalue weighted by Crippen LogP contribution is 2.19. The summed E-state index contributed by atoms with van der Waals surface area (Å²) in [6.07, 6.45) is -4.19. The van der Waals surface area contributed by atoms with Gasteiger partial charge in [-0.1, -0.05) is 0 Å². The van der Waals surface area contributed by atoms with E-state index in [0.29, 0.717) is 0 Å². The lowest BCUT2D eigenvalue weighted by molar-refractivity contribution is -0.146. The van der Waals surface area contributed by atoms with Gasteiger partial charge in [0.25, 0.3) is 0 Å². The molecule has 1 heterocycles. The van der Waals surface area contributed by atoms with E-state index in [4.69, 9.17) is 9.84 Å². The van der Waals surface area contributed by atoms with Gasteiger partial charge < -0.3 is 14.3 Å². The molecule has 0 bridgehead atoms. The van der Waals surface area contributed by atoms with Crippen LogP contribution in [0.1, 0.15) is 22.5 Å². The smallest absolute Gasteiger partial charge is 0.391 e. The summed E-state index contributed by atoms with van der Waals surface area (Å²) in [6.45, 7) is -0.720. The highest BCUT2D eigenvalue weighted by Gasteiger charge is 2.26. The van der Waals surface area contributed by atoms with Gasteiger partial charge in [0.05, 0.1) is 25.9 Å². The first-order valence-electron chi connectivity index (χ1n) is 4.34. The second-order valence-corrected chi connectivity index (χ2v) is 3.00. The molecule has 0 unspecified atom stereocenters. The lowest BCUT2D eigenvalue weighted by Crippen LogP contribution is -2.11. The molecule has 0 aliphatic carbocycles. The van der Waals surface area contributed by atoms with E-state index in [0.717, 1.165) is 6.26 Å². The SMILES string of the molecule is O=C(O)c1occc1COCCC(F)(F)F. The van der Waals surface area contributed by atoms with Crippen LogP contribution in [0.25, 0.3) is 0 Å². The molecule has 4 nitrogen and oxygen atoms in total. The number of carbonyl (C=O) groups is 1. The molecule has 1 aromatic rings. The van der Waals surface area contributed by atoms with Gasteiger partial charge in [0.2, 0.25) is 5.76 Å². The molecule has 90 valence electrons. The molecule has 0 aromatic carbocycles. The lowest BCUT2D eigenvalue weighted by atomic mass is 10.2. The first-order valence-corrected chi connectivity index (χ1v) is 4.34. The number of carboxylic acids is 1. The fourth-order valence-corrected chi connectivity index (χ4v) is 1.01. The summed E-state index contributed by atoms with van der Waals surface area (Å²) >= 11 is 0. The molecule has 7 heteroatoms. The molecule has 0 amide bonds. The van der Waals surface area contributed by atoms with Crippen molar-refractivity contribution in [2.24, 2.45) is 0 Å². The van der Waals surface area contributed by atoms with E-state index < -0.39 is 25.2 Å². The Hall–Kier alpha value is -1.50. The van der Waals surface area contributed by atoms with Crippen LogP contribution in [-0.2, 0) is 11.3 Å². The number of alkyl halides is 3. The van der Waals surface area contributed by atoms with E-state index in [1.54, 1.807) is 0 Å². The van der Waals surface area contributed by atoms with Gasteiger partial charge in [-0.15, -0.1) is 0 Å². The van der Waals surface area contributed by atoms with Gasteiger partial charge in [0, 0.05) is 5.56 Å². The van der Waals surface area contributed by atoms with Crippen LogP contribution in [0.5, 0.6) is 0 Å². The molecule has 1 rings (SSSR count). The van der Waals surface area contributed by atoms with Gasteiger partial charge in [-0.2, -0.15) is 13.2 Å². The maximum atomic E-state index is 11.7. The summed E-state index contributed by atoms with van der Waals surface area (Å²) in [7, 11) is 0. The van der Waals surface area contributed by atoms with Crippen LogP contribution in [0, 0.1) is 0 Å². The average molecular weight is 238 g/mol. The maximum Gasteiger partial charge on any atom is 0.391 e. The summed E-state index contributed by atoms with van der Waals surface area (Å²) < 4.78 is 44.5. The number of furan rings is 1. The maximum absolute atomic E-state index is 11.7. The van der Waals surface area contributed by atoms with Gasteiger partial charge in [0.1, 0.15) is 0 Å². The Kier molecular flexibility index (Phi) is 3.94. The van der Waals surface area contributed by atoms with Crippen molar-refractivity contribution in [1.82, 2.24) is 0 Å². The molecule has 1 aromatic heterocycles. The molecule has 1 N–H and O–H groups in total. The Morgan fingerprint density at radius 1 is 1.50 bits per heavy atom. The molecule has 0 fully saturated rings. The third kappa shape index (κ3) is 3.93. The number of aromatic carboxylic acids is 1. The molecule has 0 aliphatic rings. The van der Waals surface area contributed by atoms with Crippen molar-refractivity contribution in [3.8, 4) is 0 Å². The minimum Gasteiger partial charge on any atom is -0.475 e. The van der Waals surface area contributed by atoms with Crippen molar-refractivity contribution < 1.29 is 32.2 Å². The zero-order chi connectivity index (χ0) is 12.2. The summed E-state index contributed by atoms with van der Waals surface area (Å²) in [6, 6.07) is 1.34. The molecule has 0 saturated heterocycles. The Labute approximate surface area is 88.6 Å². The molecule has 0 saturated carbocycles. The molecular weight excluding hydrogens is 229 g/mol. The van der Waals surface area contributed by atoms with E-state index >= 15 is 0 Å². The van der Waals surface area contributed by atoms with Crippen molar-refractivity contribution in [3.63, 3.8) is 0 Å². The van der Waals surface area contributed by atoms with E-state index in [1.807, 2.05) is 0 Å². The first-order chi connectivity index (χ1) is 7.40. The van der Waals surface area contributed by atoms with Crippen molar-refractivity contribution in [3.05, 3.63) is 23.7 Å². The zero-order valence-electron chi connectivity index (χ0n) is 8.08. The lowest BCUT2D eigenvalue weighted by Gasteiger charge is -2.06. The molecule has 0 radical (unpaired) electrons. The summed E-state index contributed by atoms with van der Waals surface area (Å²) in [5.74, 6) is -1.59. The standard InChI is InChI=1S/C9H9F3O4/c10-9(11,12)2-4-15-5-6-1-3-16-7(6)8(13)14/h1,3H,2,4-5H2,(H,13,14). The van der Waals surface area contributed by atoms with Gasteiger partial charge in [0.15, 0.2) is 0 Å². The van der Waals surface area contributed by atoms with E-state index in [9.17, 15) is 18.0 Å². The average Bonchev–Trinajstić information content (AvgIpc) is 2.58. The van der Waals surface area contributed by atoms with Crippen molar-refractivity contribution in [1.29, 1.82) is 0 Å². The summed E-state index contributed by atoms with van der Waals surface area (Å²) in [5, 5.41) is 8.61. The predicted molar refractivity (Wildman–Crippen MR) is 46.0 cm³/mol. The van der Waals surface area contributed by atoms with Crippen LogP contribution in [-0.4, -0.2) is 23.9 Å². The minimum atomic E-state index is -4.27. The predicted octanol–water partition coefficient (Wildman–Crippen LogP) is 2.45. The fourth-order valence-electron chi connectivity index (χ4n) is 1.01. The third-order valence-electron chi connectivity index (χ3n) is 1.73. The second-order valence-electron chi connectivity index (χ2n) is 3.00. The van der Waals surface area contributed by atoms with Crippen LogP contribution in [0.2, 0.25) is 0 Å². The van der Waals surface area contributed by atoms with Gasteiger partial charge in [-0.25, -0.2) is 4.79 Å². The van der Waals surface area contributed by atoms with Gasteiger partial charge in [-0.05, 0) is 6.07 Å². The molecular formula is C9H9F3O4. The third-order valence-corrected chi connectivity index (χ3v) is 1.73. The first kappa shape index (κ1) is 12.6. The Morgan fingerprint density at radius 2 is 2.19 bits per heavy atom. The number of ether oxygens (including phenoxy) is 1. The largest absolute Gasteiger partial charge is 0.475 e. The number of rotatable bonds is 5. The van der Waals surface area contributed by atoms with E-state index in [2.05, 4.69) is 4.42 Å². The summed E-state index contributed by atoms with van der Waals surface area (Å²) in [4.78, 5) is 10.5. The Bertz CT molecular complexity index is 356. The molecule has 0 atom stereocenters. The van der Waals surface area contributed by atoms with Crippen LogP contribution >= 0.6 is 0 Å². The number of hydrogen-bond acceptors (Lipinski definition) is 3. The normalized spacial score (nSPS) is 11.7. The van der Waals surface area contributed by atoms with Crippen molar-refractivity contribution >= 4 is 5.97 Å².